The van der Waals surface area contributed by atoms with Crippen LogP contribution >= 0.6 is 35.5 Å². The van der Waals surface area contributed by atoms with Gasteiger partial charge in [-0.1, -0.05) is 0 Å². The molecule has 1 aliphatic heterocycles. The molecule has 1 amide bonds. The second-order valence-electron chi connectivity index (χ2n) is 5.32. The van der Waals surface area contributed by atoms with Gasteiger partial charge in [-0.15, -0.1) is 23.7 Å². The smallest absolute Gasteiger partial charge is 0.239 e. The largest absolute Gasteiger partial charge is 0.340 e. The lowest BCUT2D eigenvalue weighted by atomic mass is 10.2. The van der Waals surface area contributed by atoms with Crippen molar-refractivity contribution in [2.75, 3.05) is 38.2 Å². The van der Waals surface area contributed by atoms with Crippen molar-refractivity contribution in [2.24, 2.45) is 5.73 Å². The van der Waals surface area contributed by atoms with Gasteiger partial charge >= 0.3 is 0 Å². The molecule has 0 spiro atoms. The molecular formula is C14H25ClN4OS2. The molecule has 22 heavy (non-hydrogen) atoms. The summed E-state index contributed by atoms with van der Waals surface area (Å²) in [6.45, 7) is 4.39. The van der Waals surface area contributed by atoms with Gasteiger partial charge in [0.25, 0.3) is 0 Å². The maximum absolute atomic E-state index is 12.3. The molecule has 1 fully saturated rings. The van der Waals surface area contributed by atoms with Crippen molar-refractivity contribution in [1.82, 2.24) is 14.8 Å². The van der Waals surface area contributed by atoms with E-state index in [9.17, 15) is 4.79 Å². The molecule has 1 aliphatic rings. The molecule has 0 aromatic carbocycles. The Hall–Kier alpha value is -0.340. The fourth-order valence-electron chi connectivity index (χ4n) is 2.50. The summed E-state index contributed by atoms with van der Waals surface area (Å²) in [6.07, 6.45) is 3.81. The summed E-state index contributed by atoms with van der Waals surface area (Å²) in [6, 6.07) is -0.345. The van der Waals surface area contributed by atoms with Crippen molar-refractivity contribution in [1.29, 1.82) is 0 Å². The van der Waals surface area contributed by atoms with Gasteiger partial charge in [0.05, 0.1) is 17.2 Å². The summed E-state index contributed by atoms with van der Waals surface area (Å²) in [5.74, 6) is 1.05. The molecule has 0 radical (unpaired) electrons. The fourth-order valence-corrected chi connectivity index (χ4v) is 3.54. The molecule has 1 unspecified atom stereocenters. The standard InChI is InChI=1S/C14H24N4OS2.ClH/c1-20-8-3-13(15)14(19)18-5-2-4-17(6-7-18)9-12-10-21-11-16-12;/h10-11,13H,2-9,15H2,1H3;1H. The summed E-state index contributed by atoms with van der Waals surface area (Å²) >= 11 is 3.37. The van der Waals surface area contributed by atoms with Gasteiger partial charge in [0, 0.05) is 38.1 Å². The highest BCUT2D eigenvalue weighted by atomic mass is 35.5. The Morgan fingerprint density at radius 3 is 2.95 bits per heavy atom. The van der Waals surface area contributed by atoms with Crippen molar-refractivity contribution in [2.45, 2.75) is 25.4 Å². The first-order valence-electron chi connectivity index (χ1n) is 7.33. The van der Waals surface area contributed by atoms with Gasteiger partial charge in [0.15, 0.2) is 0 Å². The minimum atomic E-state index is -0.345. The number of amides is 1. The topological polar surface area (TPSA) is 62.5 Å². The molecule has 0 saturated carbocycles. The zero-order valence-corrected chi connectivity index (χ0v) is 15.4. The number of nitrogens with two attached hydrogens (primary N) is 1. The van der Waals surface area contributed by atoms with E-state index in [4.69, 9.17) is 5.73 Å². The predicted molar refractivity (Wildman–Crippen MR) is 96.8 cm³/mol. The first kappa shape index (κ1) is 19.7. The van der Waals surface area contributed by atoms with Gasteiger partial charge in [0.2, 0.25) is 5.91 Å². The third kappa shape index (κ3) is 6.04. The second-order valence-corrected chi connectivity index (χ2v) is 7.03. The van der Waals surface area contributed by atoms with Gasteiger partial charge in [-0.2, -0.15) is 11.8 Å². The molecule has 1 aromatic heterocycles. The van der Waals surface area contributed by atoms with Crippen LogP contribution in [0.15, 0.2) is 10.9 Å². The van der Waals surface area contributed by atoms with Crippen LogP contribution in [0.1, 0.15) is 18.5 Å². The summed E-state index contributed by atoms with van der Waals surface area (Å²) in [4.78, 5) is 21.0. The number of rotatable bonds is 6. The Kier molecular flexibility index (Phi) is 9.35. The average Bonchev–Trinajstić information content (AvgIpc) is 2.89. The second kappa shape index (κ2) is 10.4. The van der Waals surface area contributed by atoms with E-state index < -0.39 is 0 Å². The van der Waals surface area contributed by atoms with Crippen LogP contribution in [-0.4, -0.2) is 64.9 Å². The normalized spacial score (nSPS) is 17.6. The van der Waals surface area contributed by atoms with Crippen molar-refractivity contribution in [3.63, 3.8) is 0 Å². The third-order valence-corrected chi connectivity index (χ3v) is 5.00. The van der Waals surface area contributed by atoms with Crippen LogP contribution in [0.4, 0.5) is 0 Å². The van der Waals surface area contributed by atoms with Crippen molar-refractivity contribution >= 4 is 41.4 Å². The van der Waals surface area contributed by atoms with E-state index in [0.717, 1.165) is 57.0 Å². The molecule has 2 N–H and O–H groups in total. The monoisotopic (exact) mass is 364 g/mol. The number of aromatic nitrogens is 1. The molecule has 0 aliphatic carbocycles. The molecular weight excluding hydrogens is 340 g/mol. The molecule has 1 atom stereocenters. The summed E-state index contributed by atoms with van der Waals surface area (Å²) < 4.78 is 0. The first-order valence-corrected chi connectivity index (χ1v) is 9.67. The molecule has 2 heterocycles. The van der Waals surface area contributed by atoms with Crippen LogP contribution in [0, 0.1) is 0 Å². The maximum atomic E-state index is 12.3. The average molecular weight is 365 g/mol. The molecule has 5 nitrogen and oxygen atoms in total. The zero-order chi connectivity index (χ0) is 15.1. The van der Waals surface area contributed by atoms with Gasteiger partial charge < -0.3 is 10.6 Å². The number of hydrogen-bond acceptors (Lipinski definition) is 6. The van der Waals surface area contributed by atoms with Crippen LogP contribution in [0.2, 0.25) is 0 Å². The lowest BCUT2D eigenvalue weighted by Gasteiger charge is -2.24. The molecule has 126 valence electrons. The van der Waals surface area contributed by atoms with Crippen LogP contribution in [-0.2, 0) is 11.3 Å². The van der Waals surface area contributed by atoms with Crippen LogP contribution in [0.3, 0.4) is 0 Å². The highest BCUT2D eigenvalue weighted by molar-refractivity contribution is 7.98. The Morgan fingerprint density at radius 1 is 1.45 bits per heavy atom. The minimum absolute atomic E-state index is 0. The SMILES string of the molecule is CSCCC(N)C(=O)N1CCCN(Cc2cscn2)CC1.Cl. The molecule has 2 rings (SSSR count). The number of thiazole rings is 1. The molecule has 1 aromatic rings. The van der Waals surface area contributed by atoms with E-state index in [1.807, 2.05) is 16.7 Å². The van der Waals surface area contributed by atoms with Gasteiger partial charge in [-0.3, -0.25) is 9.69 Å². The lowest BCUT2D eigenvalue weighted by molar-refractivity contribution is -0.132. The Bertz CT molecular complexity index is 432. The number of carbonyl (C=O) groups is 1. The Balaban J connectivity index is 0.00000242. The van der Waals surface area contributed by atoms with E-state index >= 15 is 0 Å². The number of carbonyl (C=O) groups excluding carboxylic acids is 1. The van der Waals surface area contributed by atoms with E-state index in [0.29, 0.717) is 0 Å². The van der Waals surface area contributed by atoms with E-state index in [1.165, 1.54) is 0 Å². The summed E-state index contributed by atoms with van der Waals surface area (Å²) in [5, 5.41) is 2.09. The van der Waals surface area contributed by atoms with Gasteiger partial charge in [-0.25, -0.2) is 4.98 Å². The van der Waals surface area contributed by atoms with Crippen molar-refractivity contribution in [3.8, 4) is 0 Å². The van der Waals surface area contributed by atoms with Crippen LogP contribution in [0.25, 0.3) is 0 Å². The number of nitrogens with zero attached hydrogens (tertiary/aromatic N) is 3. The van der Waals surface area contributed by atoms with E-state index in [1.54, 1.807) is 23.1 Å². The van der Waals surface area contributed by atoms with E-state index in [-0.39, 0.29) is 24.4 Å². The molecule has 8 heteroatoms. The van der Waals surface area contributed by atoms with Crippen LogP contribution < -0.4 is 5.73 Å². The van der Waals surface area contributed by atoms with Crippen LogP contribution in [0.5, 0.6) is 0 Å². The number of halogens is 1. The van der Waals surface area contributed by atoms with Crippen molar-refractivity contribution in [3.05, 3.63) is 16.6 Å². The first-order chi connectivity index (χ1) is 10.2. The van der Waals surface area contributed by atoms with Crippen molar-refractivity contribution < 1.29 is 4.79 Å². The van der Waals surface area contributed by atoms with Gasteiger partial charge in [-0.05, 0) is 24.9 Å². The highest BCUT2D eigenvalue weighted by Crippen LogP contribution is 2.11. The maximum Gasteiger partial charge on any atom is 0.239 e. The summed E-state index contributed by atoms with van der Waals surface area (Å²) in [5.41, 5.74) is 8.99. The molecule has 0 bridgehead atoms. The Labute approximate surface area is 147 Å². The lowest BCUT2D eigenvalue weighted by Crippen LogP contribution is -2.45. The Morgan fingerprint density at radius 2 is 2.27 bits per heavy atom. The third-order valence-electron chi connectivity index (χ3n) is 3.72. The number of thioether (sulfide) groups is 1. The zero-order valence-electron chi connectivity index (χ0n) is 12.9. The number of hydrogen-bond donors (Lipinski definition) is 1. The predicted octanol–water partition coefficient (Wildman–Crippen LogP) is 1.68. The summed E-state index contributed by atoms with van der Waals surface area (Å²) in [7, 11) is 0. The quantitative estimate of drug-likeness (QED) is 0.832. The minimum Gasteiger partial charge on any atom is -0.340 e. The fraction of sp³-hybridized carbons (Fsp3) is 0.714. The van der Waals surface area contributed by atoms with Gasteiger partial charge in [0.1, 0.15) is 0 Å². The van der Waals surface area contributed by atoms with E-state index in [2.05, 4.69) is 15.3 Å². The highest BCUT2D eigenvalue weighted by Gasteiger charge is 2.23. The molecule has 1 saturated heterocycles.